The highest BCUT2D eigenvalue weighted by Crippen LogP contribution is 2.18. The second-order valence-corrected chi connectivity index (χ2v) is 4.47. The molecule has 0 fully saturated rings. The van der Waals surface area contributed by atoms with Crippen LogP contribution < -0.4 is 4.74 Å². The lowest BCUT2D eigenvalue weighted by Gasteiger charge is -2.07. The molecule has 2 rings (SSSR count). The Balaban J connectivity index is 2.45. The molecule has 7 heteroatoms. The summed E-state index contributed by atoms with van der Waals surface area (Å²) in [6.45, 7) is 3.85. The van der Waals surface area contributed by atoms with Gasteiger partial charge in [0.2, 0.25) is 0 Å². The van der Waals surface area contributed by atoms with Crippen LogP contribution in [0.5, 0.6) is 5.75 Å². The largest absolute Gasteiger partial charge is 0.497 e. The highest BCUT2D eigenvalue weighted by Gasteiger charge is 2.21. The van der Waals surface area contributed by atoms with Gasteiger partial charge in [-0.3, -0.25) is 0 Å². The molecule has 1 aromatic carbocycles. The fourth-order valence-corrected chi connectivity index (χ4v) is 1.96. The molecule has 2 aromatic rings. The van der Waals surface area contributed by atoms with E-state index in [1.54, 1.807) is 45.2 Å². The fourth-order valence-electron chi connectivity index (χ4n) is 1.96. The third-order valence-corrected chi connectivity index (χ3v) is 3.00. The number of esters is 2. The first-order valence-electron chi connectivity index (χ1n) is 7.19. The van der Waals surface area contributed by atoms with Crippen LogP contribution in [0.1, 0.15) is 34.8 Å². The summed E-state index contributed by atoms with van der Waals surface area (Å²) in [4.78, 5) is 23.9. The highest BCUT2D eigenvalue weighted by molar-refractivity contribution is 5.93. The van der Waals surface area contributed by atoms with E-state index >= 15 is 0 Å². The molecule has 0 radical (unpaired) electrons. The normalized spacial score (nSPS) is 10.2. The van der Waals surface area contributed by atoms with Crippen molar-refractivity contribution < 1.29 is 23.8 Å². The van der Waals surface area contributed by atoms with Gasteiger partial charge >= 0.3 is 11.9 Å². The number of benzene rings is 1. The van der Waals surface area contributed by atoms with Crippen LogP contribution in [0.3, 0.4) is 0 Å². The number of aromatic nitrogens is 2. The summed E-state index contributed by atoms with van der Waals surface area (Å²) in [6, 6.07) is 8.28. The molecule has 0 bridgehead atoms. The molecule has 0 spiro atoms. The van der Waals surface area contributed by atoms with Crippen LogP contribution in [0.4, 0.5) is 0 Å². The molecular weight excluding hydrogens is 300 g/mol. The number of ether oxygens (including phenoxy) is 3. The van der Waals surface area contributed by atoms with Gasteiger partial charge in [-0.05, 0) is 38.1 Å². The van der Waals surface area contributed by atoms with Crippen molar-refractivity contribution >= 4 is 11.9 Å². The maximum atomic E-state index is 12.1. The molecule has 0 atom stereocenters. The number of nitrogens with zero attached hydrogens (tertiary/aromatic N) is 2. The molecule has 122 valence electrons. The van der Waals surface area contributed by atoms with Gasteiger partial charge in [0.05, 0.1) is 26.0 Å². The Labute approximate surface area is 133 Å². The number of hydrogen-bond donors (Lipinski definition) is 0. The predicted molar refractivity (Wildman–Crippen MR) is 82.0 cm³/mol. The van der Waals surface area contributed by atoms with E-state index in [4.69, 9.17) is 14.2 Å². The van der Waals surface area contributed by atoms with Crippen molar-refractivity contribution in [3.05, 3.63) is 41.7 Å². The zero-order valence-corrected chi connectivity index (χ0v) is 13.2. The molecule has 23 heavy (non-hydrogen) atoms. The van der Waals surface area contributed by atoms with E-state index in [0.29, 0.717) is 11.4 Å². The zero-order valence-electron chi connectivity index (χ0n) is 13.2. The van der Waals surface area contributed by atoms with Crippen LogP contribution in [0.15, 0.2) is 30.3 Å². The summed E-state index contributed by atoms with van der Waals surface area (Å²) in [5.74, 6) is -0.485. The quantitative estimate of drug-likeness (QED) is 0.760. The summed E-state index contributed by atoms with van der Waals surface area (Å²) >= 11 is 0. The minimum absolute atomic E-state index is 0.0470. The van der Waals surface area contributed by atoms with Gasteiger partial charge in [0.15, 0.2) is 11.4 Å². The molecule has 0 unspecified atom stereocenters. The Hall–Kier alpha value is -2.83. The number of hydrogen-bond acceptors (Lipinski definition) is 6. The third-order valence-electron chi connectivity index (χ3n) is 3.00. The Kier molecular flexibility index (Phi) is 5.35. The van der Waals surface area contributed by atoms with Crippen molar-refractivity contribution in [3.8, 4) is 11.4 Å². The fraction of sp³-hybridized carbons (Fsp3) is 0.312. The van der Waals surface area contributed by atoms with E-state index in [-0.39, 0.29) is 24.6 Å². The van der Waals surface area contributed by atoms with Gasteiger partial charge in [-0.25, -0.2) is 14.3 Å². The molecular formula is C16H18N2O5. The van der Waals surface area contributed by atoms with Gasteiger partial charge in [-0.2, -0.15) is 5.10 Å². The number of rotatable bonds is 6. The van der Waals surface area contributed by atoms with Crippen molar-refractivity contribution in [3.63, 3.8) is 0 Å². The highest BCUT2D eigenvalue weighted by atomic mass is 16.5. The Morgan fingerprint density at radius 3 is 2.22 bits per heavy atom. The molecule has 7 nitrogen and oxygen atoms in total. The molecule has 0 amide bonds. The Morgan fingerprint density at radius 1 is 1.04 bits per heavy atom. The van der Waals surface area contributed by atoms with E-state index < -0.39 is 11.9 Å². The summed E-state index contributed by atoms with van der Waals surface area (Å²) in [5.41, 5.74) is 0.801. The molecule has 0 saturated carbocycles. The lowest BCUT2D eigenvalue weighted by Crippen LogP contribution is -2.12. The molecule has 0 saturated heterocycles. The molecule has 0 aliphatic carbocycles. The summed E-state index contributed by atoms with van der Waals surface area (Å²) in [7, 11) is 1.56. The van der Waals surface area contributed by atoms with Gasteiger partial charge in [0.1, 0.15) is 5.75 Å². The predicted octanol–water partition coefficient (Wildman–Crippen LogP) is 2.23. The molecule has 0 aliphatic heterocycles. The van der Waals surface area contributed by atoms with Crippen molar-refractivity contribution in [2.45, 2.75) is 13.8 Å². The summed E-state index contributed by atoms with van der Waals surface area (Å²) in [6.07, 6.45) is 0. The lowest BCUT2D eigenvalue weighted by atomic mass is 10.3. The lowest BCUT2D eigenvalue weighted by molar-refractivity contribution is 0.0510. The standard InChI is InChI=1S/C16H18N2O5/c1-4-22-15(19)13-10-14(16(20)23-5-2)18(17-13)11-6-8-12(21-3)9-7-11/h6-10H,4-5H2,1-3H3. The number of carbonyl (C=O) groups is 2. The maximum absolute atomic E-state index is 12.1. The third kappa shape index (κ3) is 3.68. The monoisotopic (exact) mass is 318 g/mol. The molecule has 0 aliphatic rings. The SMILES string of the molecule is CCOC(=O)c1cc(C(=O)OCC)n(-c2ccc(OC)cc2)n1. The molecule has 0 N–H and O–H groups in total. The van der Waals surface area contributed by atoms with Crippen molar-refractivity contribution in [1.82, 2.24) is 9.78 Å². The first-order chi connectivity index (χ1) is 11.1. The second kappa shape index (κ2) is 7.44. The van der Waals surface area contributed by atoms with E-state index in [1.165, 1.54) is 10.7 Å². The van der Waals surface area contributed by atoms with Crippen LogP contribution >= 0.6 is 0 Å². The van der Waals surface area contributed by atoms with E-state index in [2.05, 4.69) is 5.10 Å². The average molecular weight is 318 g/mol. The summed E-state index contributed by atoms with van der Waals surface area (Å²) < 4.78 is 16.4. The first kappa shape index (κ1) is 16.5. The Morgan fingerprint density at radius 2 is 1.65 bits per heavy atom. The van der Waals surface area contributed by atoms with Crippen LogP contribution in [0, 0.1) is 0 Å². The van der Waals surface area contributed by atoms with Crippen LogP contribution in [-0.4, -0.2) is 42.0 Å². The Bertz CT molecular complexity index is 691. The number of carbonyl (C=O) groups excluding carboxylic acids is 2. The minimum Gasteiger partial charge on any atom is -0.497 e. The van der Waals surface area contributed by atoms with Gasteiger partial charge in [0, 0.05) is 6.07 Å². The number of methoxy groups -OCH3 is 1. The van der Waals surface area contributed by atoms with Gasteiger partial charge in [-0.15, -0.1) is 0 Å². The van der Waals surface area contributed by atoms with E-state index in [1.807, 2.05) is 0 Å². The van der Waals surface area contributed by atoms with Crippen LogP contribution in [0.2, 0.25) is 0 Å². The average Bonchev–Trinajstić information content (AvgIpc) is 3.01. The van der Waals surface area contributed by atoms with E-state index in [0.717, 1.165) is 0 Å². The van der Waals surface area contributed by atoms with Gasteiger partial charge < -0.3 is 14.2 Å². The van der Waals surface area contributed by atoms with E-state index in [9.17, 15) is 9.59 Å². The first-order valence-corrected chi connectivity index (χ1v) is 7.19. The molecule has 1 aromatic heterocycles. The van der Waals surface area contributed by atoms with Crippen molar-refractivity contribution in [2.75, 3.05) is 20.3 Å². The second-order valence-electron chi connectivity index (χ2n) is 4.47. The molecule has 1 heterocycles. The van der Waals surface area contributed by atoms with Crippen LogP contribution in [0.25, 0.3) is 5.69 Å². The van der Waals surface area contributed by atoms with Crippen LogP contribution in [-0.2, 0) is 9.47 Å². The minimum atomic E-state index is -0.592. The van der Waals surface area contributed by atoms with Crippen molar-refractivity contribution in [1.29, 1.82) is 0 Å². The summed E-state index contributed by atoms with van der Waals surface area (Å²) in [5, 5.41) is 4.16. The van der Waals surface area contributed by atoms with Gasteiger partial charge in [-0.1, -0.05) is 0 Å². The topological polar surface area (TPSA) is 79.7 Å². The van der Waals surface area contributed by atoms with Crippen molar-refractivity contribution in [2.24, 2.45) is 0 Å². The van der Waals surface area contributed by atoms with Gasteiger partial charge in [0.25, 0.3) is 0 Å². The smallest absolute Gasteiger partial charge is 0.358 e. The maximum Gasteiger partial charge on any atom is 0.358 e. The zero-order chi connectivity index (χ0) is 16.8.